The molecule has 0 bridgehead atoms. The summed E-state index contributed by atoms with van der Waals surface area (Å²) in [6.07, 6.45) is 8.36. The summed E-state index contributed by atoms with van der Waals surface area (Å²) in [5.74, 6) is 0.976. The SMILES string of the molecule is C1=c2ccn3c2=C(CC1)c1nncn1-c1ccccc1-3. The summed E-state index contributed by atoms with van der Waals surface area (Å²) in [6.45, 7) is 0. The van der Waals surface area contributed by atoms with Crippen LogP contribution in [0.25, 0.3) is 23.0 Å². The third kappa shape index (κ3) is 1.12. The maximum Gasteiger partial charge on any atom is 0.166 e. The molecule has 1 aliphatic heterocycles. The van der Waals surface area contributed by atoms with Crippen molar-refractivity contribution in [2.75, 3.05) is 0 Å². The number of para-hydroxylation sites is 2. The highest BCUT2D eigenvalue weighted by Gasteiger charge is 2.22. The molecule has 3 heterocycles. The van der Waals surface area contributed by atoms with Crippen molar-refractivity contribution in [1.29, 1.82) is 0 Å². The molecular formula is C16H12N4. The highest BCUT2D eigenvalue weighted by molar-refractivity contribution is 5.69. The average Bonchev–Trinajstić information content (AvgIpc) is 3.11. The van der Waals surface area contributed by atoms with E-state index in [9.17, 15) is 0 Å². The Kier molecular flexibility index (Phi) is 1.77. The van der Waals surface area contributed by atoms with Gasteiger partial charge in [0.05, 0.1) is 16.7 Å². The van der Waals surface area contributed by atoms with E-state index >= 15 is 0 Å². The van der Waals surface area contributed by atoms with E-state index in [1.807, 2.05) is 6.33 Å². The van der Waals surface area contributed by atoms with Crippen molar-refractivity contribution in [2.24, 2.45) is 0 Å². The fraction of sp³-hybridized carbons (Fsp3) is 0.125. The van der Waals surface area contributed by atoms with Gasteiger partial charge in [-0.05, 0) is 36.3 Å². The Morgan fingerprint density at radius 2 is 1.85 bits per heavy atom. The van der Waals surface area contributed by atoms with Gasteiger partial charge in [0.1, 0.15) is 6.33 Å². The molecule has 2 aliphatic rings. The minimum Gasteiger partial charge on any atom is -0.314 e. The molecule has 0 spiro atoms. The van der Waals surface area contributed by atoms with E-state index in [1.54, 1.807) is 0 Å². The van der Waals surface area contributed by atoms with Gasteiger partial charge in [-0.2, -0.15) is 0 Å². The minimum absolute atomic E-state index is 0.976. The summed E-state index contributed by atoms with van der Waals surface area (Å²) in [5.41, 5.74) is 3.61. The molecule has 0 amide bonds. The van der Waals surface area contributed by atoms with Crippen molar-refractivity contribution in [1.82, 2.24) is 19.3 Å². The van der Waals surface area contributed by atoms with Crippen LogP contribution in [0.15, 0.2) is 42.9 Å². The molecule has 4 heteroatoms. The van der Waals surface area contributed by atoms with Crippen molar-refractivity contribution >= 4 is 11.6 Å². The molecule has 20 heavy (non-hydrogen) atoms. The van der Waals surface area contributed by atoms with Gasteiger partial charge in [0.15, 0.2) is 5.82 Å². The molecule has 0 unspecified atom stereocenters. The first-order chi connectivity index (χ1) is 9.93. The summed E-state index contributed by atoms with van der Waals surface area (Å²) in [6, 6.07) is 10.6. The lowest BCUT2D eigenvalue weighted by molar-refractivity contribution is 0.967. The maximum atomic E-state index is 4.37. The van der Waals surface area contributed by atoms with Crippen molar-refractivity contribution in [3.05, 3.63) is 59.2 Å². The van der Waals surface area contributed by atoms with Crippen LogP contribution < -0.4 is 10.6 Å². The van der Waals surface area contributed by atoms with Gasteiger partial charge in [0.2, 0.25) is 0 Å². The second kappa shape index (κ2) is 3.48. The molecule has 4 nitrogen and oxygen atoms in total. The molecule has 1 aromatic carbocycles. The van der Waals surface area contributed by atoms with Crippen LogP contribution in [0.5, 0.6) is 0 Å². The Morgan fingerprint density at radius 3 is 2.75 bits per heavy atom. The van der Waals surface area contributed by atoms with Crippen LogP contribution in [0.2, 0.25) is 0 Å². The number of nitrogens with zero attached hydrogens (tertiary/aromatic N) is 4. The summed E-state index contributed by atoms with van der Waals surface area (Å²) < 4.78 is 4.39. The van der Waals surface area contributed by atoms with E-state index in [-0.39, 0.29) is 0 Å². The second-order valence-corrected chi connectivity index (χ2v) is 5.22. The van der Waals surface area contributed by atoms with E-state index in [0.717, 1.165) is 24.4 Å². The van der Waals surface area contributed by atoms with Gasteiger partial charge in [-0.15, -0.1) is 10.2 Å². The van der Waals surface area contributed by atoms with E-state index in [1.165, 1.54) is 21.8 Å². The Labute approximate surface area is 115 Å². The molecule has 0 fully saturated rings. The van der Waals surface area contributed by atoms with Gasteiger partial charge < -0.3 is 4.57 Å². The Balaban J connectivity index is 2.10. The van der Waals surface area contributed by atoms with Crippen molar-refractivity contribution in [3.63, 3.8) is 0 Å². The molecule has 96 valence electrons. The van der Waals surface area contributed by atoms with Crippen LogP contribution in [0, 0.1) is 0 Å². The largest absolute Gasteiger partial charge is 0.314 e. The van der Waals surface area contributed by atoms with Gasteiger partial charge in [-0.1, -0.05) is 18.2 Å². The lowest BCUT2D eigenvalue weighted by Gasteiger charge is -2.09. The van der Waals surface area contributed by atoms with Gasteiger partial charge in [0.25, 0.3) is 0 Å². The standard InChI is InChI=1S/C16H12N4/c1-2-7-14-13(6-1)19-9-8-11-4-3-5-12(15(11)19)16-18-17-10-20(14)16/h1-2,4,6-10H,3,5H2. The van der Waals surface area contributed by atoms with E-state index in [2.05, 4.69) is 61.9 Å². The van der Waals surface area contributed by atoms with Crippen molar-refractivity contribution < 1.29 is 0 Å². The lowest BCUT2D eigenvalue weighted by atomic mass is 10.0. The van der Waals surface area contributed by atoms with Crippen molar-refractivity contribution in [2.45, 2.75) is 12.8 Å². The fourth-order valence-corrected chi connectivity index (χ4v) is 3.33. The second-order valence-electron chi connectivity index (χ2n) is 5.22. The van der Waals surface area contributed by atoms with E-state index in [0.29, 0.717) is 0 Å². The molecule has 5 rings (SSSR count). The summed E-state index contributed by atoms with van der Waals surface area (Å²) in [7, 11) is 0. The maximum absolute atomic E-state index is 4.37. The molecule has 0 atom stereocenters. The van der Waals surface area contributed by atoms with Crippen molar-refractivity contribution in [3.8, 4) is 11.4 Å². The van der Waals surface area contributed by atoms with Gasteiger partial charge in [-0.3, -0.25) is 4.57 Å². The van der Waals surface area contributed by atoms with Gasteiger partial charge in [0, 0.05) is 11.8 Å². The third-order valence-electron chi connectivity index (χ3n) is 4.18. The zero-order valence-corrected chi connectivity index (χ0v) is 10.8. The number of hydrogen-bond donors (Lipinski definition) is 0. The van der Waals surface area contributed by atoms with E-state index in [4.69, 9.17) is 0 Å². The molecule has 2 aromatic heterocycles. The number of fused-ring (bicyclic) bond motifs is 5. The Hall–Kier alpha value is -2.62. The lowest BCUT2D eigenvalue weighted by Crippen LogP contribution is -2.32. The highest BCUT2D eigenvalue weighted by Crippen LogP contribution is 2.26. The number of rotatable bonds is 0. The smallest absolute Gasteiger partial charge is 0.166 e. The van der Waals surface area contributed by atoms with Crippen LogP contribution in [-0.4, -0.2) is 19.3 Å². The highest BCUT2D eigenvalue weighted by atomic mass is 15.3. The van der Waals surface area contributed by atoms with Gasteiger partial charge in [-0.25, -0.2) is 0 Å². The molecule has 0 saturated heterocycles. The topological polar surface area (TPSA) is 35.6 Å². The monoisotopic (exact) mass is 260 g/mol. The Morgan fingerprint density at radius 1 is 1.00 bits per heavy atom. The zero-order valence-electron chi connectivity index (χ0n) is 10.8. The summed E-state index contributed by atoms with van der Waals surface area (Å²) in [4.78, 5) is 0. The quantitative estimate of drug-likeness (QED) is 0.608. The number of benzene rings is 1. The number of hydrogen-bond acceptors (Lipinski definition) is 2. The molecule has 3 aromatic rings. The Bertz CT molecular complexity index is 959. The third-order valence-corrected chi connectivity index (χ3v) is 4.18. The van der Waals surface area contributed by atoms with E-state index < -0.39 is 0 Å². The predicted molar refractivity (Wildman–Crippen MR) is 76.1 cm³/mol. The molecule has 1 aliphatic carbocycles. The van der Waals surface area contributed by atoms with Crippen LogP contribution in [0.1, 0.15) is 18.7 Å². The first-order valence-corrected chi connectivity index (χ1v) is 6.84. The average molecular weight is 260 g/mol. The normalized spacial score (nSPS) is 14.9. The van der Waals surface area contributed by atoms with Crippen LogP contribution in [-0.2, 0) is 0 Å². The molecule has 0 N–H and O–H groups in total. The minimum atomic E-state index is 0.976. The van der Waals surface area contributed by atoms with Gasteiger partial charge >= 0.3 is 0 Å². The first kappa shape index (κ1) is 10.2. The number of aromatic nitrogens is 4. The summed E-state index contributed by atoms with van der Waals surface area (Å²) in [5, 5.41) is 11.1. The molecule has 0 radical (unpaired) electrons. The zero-order chi connectivity index (χ0) is 13.1. The predicted octanol–water partition coefficient (Wildman–Crippen LogP) is 1.14. The first-order valence-electron chi connectivity index (χ1n) is 6.84. The molecule has 0 saturated carbocycles. The van der Waals surface area contributed by atoms with Crippen LogP contribution in [0.4, 0.5) is 0 Å². The van der Waals surface area contributed by atoms with Crippen LogP contribution >= 0.6 is 0 Å². The van der Waals surface area contributed by atoms with Crippen LogP contribution in [0.3, 0.4) is 0 Å². The fourth-order valence-electron chi connectivity index (χ4n) is 3.33. The molecular weight excluding hydrogens is 248 g/mol. The summed E-state index contributed by atoms with van der Waals surface area (Å²) >= 11 is 0.